The summed E-state index contributed by atoms with van der Waals surface area (Å²) in [5, 5.41) is 9.58. The molecule has 2 nitrogen and oxygen atoms in total. The highest BCUT2D eigenvalue weighted by atomic mass is 35.5. The van der Waals surface area contributed by atoms with Crippen molar-refractivity contribution >= 4 is 11.6 Å². The first-order chi connectivity index (χ1) is 8.19. The third-order valence-corrected chi connectivity index (χ3v) is 3.51. The van der Waals surface area contributed by atoms with E-state index < -0.39 is 0 Å². The van der Waals surface area contributed by atoms with Gasteiger partial charge in [-0.05, 0) is 37.4 Å². The van der Waals surface area contributed by atoms with Crippen LogP contribution in [0.2, 0.25) is 5.02 Å². The Morgan fingerprint density at radius 2 is 2.29 bits per heavy atom. The average Bonchev–Trinajstić information content (AvgIpc) is 2.33. The van der Waals surface area contributed by atoms with E-state index in [4.69, 9.17) is 16.7 Å². The lowest BCUT2D eigenvalue weighted by Crippen LogP contribution is -2.36. The standard InChI is InChI=1S/C13H17ClFNO/c14-12-4-3-11(13(15)6-12)8-16-5-1-2-10(7-16)9-17/h3-4,6,10,17H,1-2,5,7-9H2. The minimum atomic E-state index is -0.247. The number of aliphatic hydroxyl groups is 1. The first-order valence-electron chi connectivity index (χ1n) is 5.96. The predicted molar refractivity (Wildman–Crippen MR) is 66.5 cm³/mol. The zero-order valence-corrected chi connectivity index (χ0v) is 10.5. The molecule has 1 aromatic rings. The monoisotopic (exact) mass is 257 g/mol. The Bertz CT molecular complexity index is 386. The molecule has 94 valence electrons. The van der Waals surface area contributed by atoms with Crippen molar-refractivity contribution in [3.05, 3.63) is 34.6 Å². The zero-order valence-electron chi connectivity index (χ0n) is 9.70. The van der Waals surface area contributed by atoms with E-state index in [0.29, 0.717) is 23.0 Å². The molecule has 1 N–H and O–H groups in total. The van der Waals surface area contributed by atoms with Gasteiger partial charge in [-0.1, -0.05) is 17.7 Å². The summed E-state index contributed by atoms with van der Waals surface area (Å²) in [6.45, 7) is 2.64. The van der Waals surface area contributed by atoms with Crippen LogP contribution in [-0.2, 0) is 6.54 Å². The van der Waals surface area contributed by atoms with Crippen molar-refractivity contribution in [2.24, 2.45) is 5.92 Å². The molecular formula is C13H17ClFNO. The number of hydrogen-bond acceptors (Lipinski definition) is 2. The molecule has 0 aliphatic carbocycles. The van der Waals surface area contributed by atoms with Gasteiger partial charge >= 0.3 is 0 Å². The van der Waals surface area contributed by atoms with Crippen LogP contribution in [0.1, 0.15) is 18.4 Å². The molecule has 1 heterocycles. The van der Waals surface area contributed by atoms with Crippen molar-refractivity contribution in [2.75, 3.05) is 19.7 Å². The molecule has 1 aliphatic heterocycles. The van der Waals surface area contributed by atoms with Crippen LogP contribution in [-0.4, -0.2) is 29.7 Å². The second-order valence-electron chi connectivity index (χ2n) is 4.66. The molecule has 0 aromatic heterocycles. The van der Waals surface area contributed by atoms with E-state index in [1.165, 1.54) is 6.07 Å². The number of likely N-dealkylation sites (tertiary alicyclic amines) is 1. The third-order valence-electron chi connectivity index (χ3n) is 3.27. The maximum absolute atomic E-state index is 13.6. The van der Waals surface area contributed by atoms with Gasteiger partial charge < -0.3 is 5.11 Å². The Hall–Kier alpha value is -0.640. The molecule has 17 heavy (non-hydrogen) atoms. The van der Waals surface area contributed by atoms with E-state index in [-0.39, 0.29) is 12.4 Å². The number of aliphatic hydroxyl groups excluding tert-OH is 1. The van der Waals surface area contributed by atoms with Crippen molar-refractivity contribution in [3.63, 3.8) is 0 Å². The van der Waals surface area contributed by atoms with Gasteiger partial charge in [-0.3, -0.25) is 4.90 Å². The lowest BCUT2D eigenvalue weighted by molar-refractivity contribution is 0.115. The van der Waals surface area contributed by atoms with Gasteiger partial charge in [-0.2, -0.15) is 0 Å². The van der Waals surface area contributed by atoms with Crippen LogP contribution in [0.15, 0.2) is 18.2 Å². The fraction of sp³-hybridized carbons (Fsp3) is 0.538. The summed E-state index contributed by atoms with van der Waals surface area (Å²) >= 11 is 5.72. The smallest absolute Gasteiger partial charge is 0.129 e. The minimum absolute atomic E-state index is 0.222. The Balaban J connectivity index is 2.00. The average molecular weight is 258 g/mol. The van der Waals surface area contributed by atoms with E-state index in [9.17, 15) is 4.39 Å². The van der Waals surface area contributed by atoms with Gasteiger partial charge in [0.05, 0.1) is 0 Å². The molecule has 0 radical (unpaired) electrons. The van der Waals surface area contributed by atoms with Gasteiger partial charge in [0.1, 0.15) is 5.82 Å². The first-order valence-corrected chi connectivity index (χ1v) is 6.34. The summed E-state index contributed by atoms with van der Waals surface area (Å²) in [4.78, 5) is 2.19. The number of piperidine rings is 1. The first kappa shape index (κ1) is 12.8. The fourth-order valence-electron chi connectivity index (χ4n) is 2.33. The van der Waals surface area contributed by atoms with E-state index >= 15 is 0 Å². The lowest BCUT2D eigenvalue weighted by Gasteiger charge is -2.31. The van der Waals surface area contributed by atoms with Crippen LogP contribution in [0.5, 0.6) is 0 Å². The van der Waals surface area contributed by atoms with Gasteiger partial charge in [0.15, 0.2) is 0 Å². The second kappa shape index (κ2) is 5.80. The normalized spacial score (nSPS) is 21.7. The Labute approximate surface area is 106 Å². The summed E-state index contributed by atoms with van der Waals surface area (Å²) in [7, 11) is 0. The number of nitrogens with zero attached hydrogens (tertiary/aromatic N) is 1. The van der Waals surface area contributed by atoms with Gasteiger partial charge in [0.2, 0.25) is 0 Å². The van der Waals surface area contributed by atoms with Crippen LogP contribution in [0.4, 0.5) is 4.39 Å². The van der Waals surface area contributed by atoms with Gasteiger partial charge in [0, 0.05) is 30.3 Å². The zero-order chi connectivity index (χ0) is 12.3. The summed E-state index contributed by atoms with van der Waals surface area (Å²) in [6, 6.07) is 4.80. The Morgan fingerprint density at radius 3 is 3.00 bits per heavy atom. The maximum atomic E-state index is 13.6. The molecule has 0 bridgehead atoms. The summed E-state index contributed by atoms with van der Waals surface area (Å²) < 4.78 is 13.6. The van der Waals surface area contributed by atoms with Crippen molar-refractivity contribution in [2.45, 2.75) is 19.4 Å². The molecule has 1 aliphatic rings. The summed E-state index contributed by atoms with van der Waals surface area (Å²) in [5.41, 5.74) is 0.674. The summed E-state index contributed by atoms with van der Waals surface area (Å²) in [5.74, 6) is 0.0859. The van der Waals surface area contributed by atoms with Crippen molar-refractivity contribution < 1.29 is 9.50 Å². The molecule has 0 amide bonds. The molecule has 0 spiro atoms. The van der Waals surface area contributed by atoms with E-state index in [1.807, 2.05) is 0 Å². The second-order valence-corrected chi connectivity index (χ2v) is 5.10. The molecule has 2 rings (SSSR count). The molecule has 1 aromatic carbocycles. The number of benzene rings is 1. The minimum Gasteiger partial charge on any atom is -0.396 e. The van der Waals surface area contributed by atoms with Crippen molar-refractivity contribution in [1.82, 2.24) is 4.90 Å². The highest BCUT2D eigenvalue weighted by molar-refractivity contribution is 6.30. The van der Waals surface area contributed by atoms with Crippen molar-refractivity contribution in [3.8, 4) is 0 Å². The highest BCUT2D eigenvalue weighted by Crippen LogP contribution is 2.20. The van der Waals surface area contributed by atoms with Crippen LogP contribution in [0.25, 0.3) is 0 Å². The van der Waals surface area contributed by atoms with E-state index in [2.05, 4.69) is 4.90 Å². The van der Waals surface area contributed by atoms with Crippen LogP contribution < -0.4 is 0 Å². The quantitative estimate of drug-likeness (QED) is 0.900. The van der Waals surface area contributed by atoms with Crippen LogP contribution in [0.3, 0.4) is 0 Å². The Morgan fingerprint density at radius 1 is 1.47 bits per heavy atom. The topological polar surface area (TPSA) is 23.5 Å². The summed E-state index contributed by atoms with van der Waals surface area (Å²) in [6.07, 6.45) is 2.14. The SMILES string of the molecule is OCC1CCCN(Cc2ccc(Cl)cc2F)C1. The maximum Gasteiger partial charge on any atom is 0.129 e. The third kappa shape index (κ3) is 3.41. The molecule has 1 atom stereocenters. The molecule has 1 fully saturated rings. The van der Waals surface area contributed by atoms with Gasteiger partial charge in [0.25, 0.3) is 0 Å². The van der Waals surface area contributed by atoms with Crippen LogP contribution in [0, 0.1) is 11.7 Å². The Kier molecular flexibility index (Phi) is 4.37. The van der Waals surface area contributed by atoms with Gasteiger partial charge in [-0.15, -0.1) is 0 Å². The van der Waals surface area contributed by atoms with Crippen LogP contribution >= 0.6 is 11.6 Å². The lowest BCUT2D eigenvalue weighted by atomic mass is 9.98. The largest absolute Gasteiger partial charge is 0.396 e. The number of halogens is 2. The number of hydrogen-bond donors (Lipinski definition) is 1. The molecule has 4 heteroatoms. The molecule has 1 saturated heterocycles. The van der Waals surface area contributed by atoms with E-state index in [0.717, 1.165) is 25.9 Å². The highest BCUT2D eigenvalue weighted by Gasteiger charge is 2.19. The fourth-order valence-corrected chi connectivity index (χ4v) is 2.49. The van der Waals surface area contributed by atoms with Crippen molar-refractivity contribution in [1.29, 1.82) is 0 Å². The molecule has 0 saturated carbocycles. The van der Waals surface area contributed by atoms with Gasteiger partial charge in [-0.25, -0.2) is 4.39 Å². The molecular weight excluding hydrogens is 241 g/mol. The molecule has 1 unspecified atom stereocenters. The number of rotatable bonds is 3. The predicted octanol–water partition coefficient (Wildman–Crippen LogP) is 2.68. The van der Waals surface area contributed by atoms with E-state index in [1.54, 1.807) is 12.1 Å².